The molecular weight excluding hydrogens is 454 g/mol. The molecule has 5 aliphatic rings. The lowest BCUT2D eigenvalue weighted by atomic mass is 9.51. The zero-order chi connectivity index (χ0) is 26.0. The van der Waals surface area contributed by atoms with Gasteiger partial charge in [0.05, 0.1) is 18.2 Å². The van der Waals surface area contributed by atoms with Gasteiger partial charge in [-0.2, -0.15) is 5.26 Å². The molecule has 7 nitrogen and oxygen atoms in total. The van der Waals surface area contributed by atoms with E-state index in [4.69, 9.17) is 10.4 Å². The van der Waals surface area contributed by atoms with Crippen molar-refractivity contribution in [2.45, 2.75) is 140 Å². The maximum absolute atomic E-state index is 12.4. The number of amides is 1. The summed E-state index contributed by atoms with van der Waals surface area (Å²) < 4.78 is 0. The number of unbranched alkanes of at least 4 members (excludes halogenated alkanes) is 8. The monoisotopic (exact) mass is 503 g/mol. The molecule has 0 aromatic rings. The second kappa shape index (κ2) is 13.8. The Morgan fingerprint density at radius 2 is 1.61 bits per heavy atom. The van der Waals surface area contributed by atoms with Crippen molar-refractivity contribution in [2.75, 3.05) is 13.1 Å². The standard InChI is InChI=1S/C17H25N3O2.C12H24O2/c18-9-14-2-1-3-20(14)15(21)10-19-16-5-12-4-13(6-16)8-17(22,7-12)11-16;1-2-3-4-5-6-7-8-9-10-11-12(13)14/h12-14,19,22H,1-8,10-11H2;2-11H2,1H3,(H,13,14)/t12?,13?,14-,16?,17?;/m0./s1. The number of rotatable bonds is 13. The molecule has 7 heteroatoms. The average molecular weight is 504 g/mol. The zero-order valence-corrected chi connectivity index (χ0v) is 22.5. The SMILES string of the molecule is CCCCCCCCCCCC(=O)O.N#C[C@@H]1CCCN1C(=O)CNC12CC3CC(CC(O)(C3)C1)C2. The van der Waals surface area contributed by atoms with Crippen LogP contribution in [0.5, 0.6) is 0 Å². The summed E-state index contributed by atoms with van der Waals surface area (Å²) in [6.45, 7) is 3.25. The number of nitriles is 1. The van der Waals surface area contributed by atoms with E-state index in [0.29, 0.717) is 31.3 Å². The Morgan fingerprint density at radius 3 is 2.17 bits per heavy atom. The summed E-state index contributed by atoms with van der Waals surface area (Å²) in [6.07, 6.45) is 19.3. The van der Waals surface area contributed by atoms with Gasteiger partial charge in [0.25, 0.3) is 0 Å². The van der Waals surface area contributed by atoms with E-state index in [9.17, 15) is 14.7 Å². The van der Waals surface area contributed by atoms with Crippen LogP contribution in [-0.2, 0) is 9.59 Å². The molecule has 36 heavy (non-hydrogen) atoms. The molecule has 5 fully saturated rings. The normalized spacial score (nSPS) is 32.1. The highest BCUT2D eigenvalue weighted by Gasteiger charge is 2.57. The third-order valence-corrected chi connectivity index (χ3v) is 8.86. The Bertz CT molecular complexity index is 750. The van der Waals surface area contributed by atoms with Crippen molar-refractivity contribution in [1.82, 2.24) is 10.2 Å². The number of hydrogen-bond donors (Lipinski definition) is 3. The minimum Gasteiger partial charge on any atom is -0.481 e. The van der Waals surface area contributed by atoms with Crippen molar-refractivity contribution in [1.29, 1.82) is 5.26 Å². The van der Waals surface area contributed by atoms with Crippen LogP contribution in [0.15, 0.2) is 0 Å². The maximum atomic E-state index is 12.4. The first-order chi connectivity index (χ1) is 17.3. The van der Waals surface area contributed by atoms with Crippen molar-refractivity contribution in [2.24, 2.45) is 11.8 Å². The summed E-state index contributed by atoms with van der Waals surface area (Å²) >= 11 is 0. The molecule has 0 aromatic heterocycles. The van der Waals surface area contributed by atoms with Gasteiger partial charge < -0.3 is 20.4 Å². The lowest BCUT2D eigenvalue weighted by molar-refractivity contribution is -0.147. The molecule has 3 N–H and O–H groups in total. The number of aliphatic carboxylic acids is 1. The number of hydrogen-bond acceptors (Lipinski definition) is 5. The van der Waals surface area contributed by atoms with Crippen molar-refractivity contribution < 1.29 is 19.8 Å². The Balaban J connectivity index is 0.000000226. The van der Waals surface area contributed by atoms with Crippen LogP contribution in [0.2, 0.25) is 0 Å². The summed E-state index contributed by atoms with van der Waals surface area (Å²) in [5, 5.41) is 31.8. The molecule has 4 saturated carbocycles. The quantitative estimate of drug-likeness (QED) is 0.299. The van der Waals surface area contributed by atoms with Crippen LogP contribution >= 0.6 is 0 Å². The zero-order valence-electron chi connectivity index (χ0n) is 22.5. The topological polar surface area (TPSA) is 114 Å². The lowest BCUT2D eigenvalue weighted by Crippen LogP contribution is -2.65. The van der Waals surface area contributed by atoms with Gasteiger partial charge in [-0.15, -0.1) is 0 Å². The van der Waals surface area contributed by atoms with Crippen LogP contribution in [0.3, 0.4) is 0 Å². The van der Waals surface area contributed by atoms with Crippen molar-refractivity contribution >= 4 is 11.9 Å². The molecule has 4 bridgehead atoms. The molecule has 4 aliphatic carbocycles. The summed E-state index contributed by atoms with van der Waals surface area (Å²) in [6, 6.07) is 1.99. The highest BCUT2D eigenvalue weighted by atomic mass is 16.4. The molecule has 0 spiro atoms. The minimum absolute atomic E-state index is 0.0453. The molecule has 0 radical (unpaired) electrons. The molecule has 3 atom stereocenters. The van der Waals surface area contributed by atoms with Gasteiger partial charge in [-0.25, -0.2) is 0 Å². The number of aliphatic hydroxyl groups is 1. The second-order valence-electron chi connectivity index (χ2n) is 12.2. The molecular formula is C29H49N3O4. The van der Waals surface area contributed by atoms with Gasteiger partial charge in [0.1, 0.15) is 6.04 Å². The van der Waals surface area contributed by atoms with E-state index in [-0.39, 0.29) is 17.5 Å². The number of carbonyl (C=O) groups excluding carboxylic acids is 1. The number of carboxylic acid groups (broad SMARTS) is 1. The predicted octanol–water partition coefficient (Wildman–Crippen LogP) is 5.17. The Kier molecular flexibility index (Phi) is 11.1. The van der Waals surface area contributed by atoms with Gasteiger partial charge in [0, 0.05) is 18.5 Å². The molecule has 2 unspecified atom stereocenters. The highest BCUT2D eigenvalue weighted by molar-refractivity contribution is 5.79. The largest absolute Gasteiger partial charge is 0.481 e. The first-order valence-electron chi connectivity index (χ1n) is 14.7. The van der Waals surface area contributed by atoms with Crippen LogP contribution in [-0.4, -0.2) is 57.3 Å². The minimum atomic E-state index is -0.659. The summed E-state index contributed by atoms with van der Waals surface area (Å²) in [5.74, 6) is 0.625. The molecule has 5 rings (SSSR count). The highest BCUT2D eigenvalue weighted by Crippen LogP contribution is 2.57. The van der Waals surface area contributed by atoms with Crippen LogP contribution < -0.4 is 5.32 Å². The molecule has 0 aromatic carbocycles. The first kappa shape index (κ1) is 28.9. The van der Waals surface area contributed by atoms with Crippen LogP contribution in [0.25, 0.3) is 0 Å². The molecule has 1 amide bonds. The number of likely N-dealkylation sites (tertiary alicyclic amines) is 1. The van der Waals surface area contributed by atoms with Gasteiger partial charge in [0.15, 0.2) is 0 Å². The molecule has 204 valence electrons. The smallest absolute Gasteiger partial charge is 0.303 e. The Hall–Kier alpha value is -1.65. The van der Waals surface area contributed by atoms with E-state index in [1.807, 2.05) is 0 Å². The number of carboxylic acids is 1. The van der Waals surface area contributed by atoms with Crippen LogP contribution in [0.1, 0.15) is 122 Å². The van der Waals surface area contributed by atoms with E-state index in [1.165, 1.54) is 51.4 Å². The fraction of sp³-hybridized carbons (Fsp3) is 0.897. The Labute approximate surface area is 218 Å². The average Bonchev–Trinajstić information content (AvgIpc) is 3.29. The lowest BCUT2D eigenvalue weighted by Gasteiger charge is -2.60. The Morgan fingerprint density at radius 1 is 1.00 bits per heavy atom. The predicted molar refractivity (Wildman–Crippen MR) is 140 cm³/mol. The van der Waals surface area contributed by atoms with E-state index in [1.54, 1.807) is 4.90 Å². The van der Waals surface area contributed by atoms with E-state index < -0.39 is 11.6 Å². The van der Waals surface area contributed by atoms with E-state index >= 15 is 0 Å². The van der Waals surface area contributed by atoms with Crippen molar-refractivity contribution in [3.05, 3.63) is 0 Å². The van der Waals surface area contributed by atoms with Gasteiger partial charge in [-0.3, -0.25) is 9.59 Å². The van der Waals surface area contributed by atoms with Crippen molar-refractivity contribution in [3.8, 4) is 6.07 Å². The van der Waals surface area contributed by atoms with Crippen molar-refractivity contribution in [3.63, 3.8) is 0 Å². The van der Waals surface area contributed by atoms with Crippen LogP contribution in [0.4, 0.5) is 0 Å². The van der Waals surface area contributed by atoms with E-state index in [2.05, 4.69) is 18.3 Å². The second-order valence-corrected chi connectivity index (χ2v) is 12.2. The number of carbonyl (C=O) groups is 2. The molecule has 1 saturated heterocycles. The van der Waals surface area contributed by atoms with Gasteiger partial charge in [0.2, 0.25) is 5.91 Å². The fourth-order valence-corrected chi connectivity index (χ4v) is 7.57. The van der Waals surface area contributed by atoms with Gasteiger partial charge >= 0.3 is 5.97 Å². The molecule has 1 heterocycles. The summed E-state index contributed by atoms with van der Waals surface area (Å²) in [5.41, 5.74) is -0.542. The summed E-state index contributed by atoms with van der Waals surface area (Å²) in [7, 11) is 0. The number of nitrogens with zero attached hydrogens (tertiary/aromatic N) is 2. The molecule has 1 aliphatic heterocycles. The van der Waals surface area contributed by atoms with Gasteiger partial charge in [-0.05, 0) is 69.6 Å². The van der Waals surface area contributed by atoms with E-state index in [0.717, 1.165) is 57.8 Å². The third kappa shape index (κ3) is 8.45. The number of nitrogens with one attached hydrogen (secondary N) is 1. The first-order valence-corrected chi connectivity index (χ1v) is 14.7. The fourth-order valence-electron chi connectivity index (χ4n) is 7.57. The van der Waals surface area contributed by atoms with Gasteiger partial charge in [-0.1, -0.05) is 58.3 Å². The third-order valence-electron chi connectivity index (χ3n) is 8.86. The maximum Gasteiger partial charge on any atom is 0.303 e. The summed E-state index contributed by atoms with van der Waals surface area (Å²) in [4.78, 5) is 24.4. The van der Waals surface area contributed by atoms with Crippen LogP contribution in [0, 0.1) is 23.2 Å².